The number of benzene rings is 1. The molecule has 0 bridgehead atoms. The quantitative estimate of drug-likeness (QED) is 0.377. The Labute approximate surface area is 187 Å². The highest BCUT2D eigenvalue weighted by Gasteiger charge is 2.24. The first kappa shape index (κ1) is 23.6. The number of guanidine groups is 1. The standard InChI is InChI=1S/C25H40N4O2/c1-4-26-25(28-21-13-16-29(17-14-21)24(30)19(2)3)27-15-8-18-31-23-12-7-10-20-9-5-6-11-22(20)23/h5-6,9,11,19,21,23H,4,7-8,10,12-18H2,1-3H3,(H2,26,27,28). The molecule has 1 heterocycles. The Morgan fingerprint density at radius 3 is 2.74 bits per heavy atom. The first-order chi connectivity index (χ1) is 15.1. The van der Waals surface area contributed by atoms with Gasteiger partial charge in [-0.25, -0.2) is 0 Å². The summed E-state index contributed by atoms with van der Waals surface area (Å²) in [6.45, 7) is 10.00. The smallest absolute Gasteiger partial charge is 0.225 e. The molecule has 1 saturated heterocycles. The second-order valence-electron chi connectivity index (χ2n) is 8.96. The number of aryl methyl sites for hydroxylation is 1. The topological polar surface area (TPSA) is 66.0 Å². The van der Waals surface area contributed by atoms with Crippen LogP contribution in [0, 0.1) is 5.92 Å². The van der Waals surface area contributed by atoms with E-state index in [2.05, 4.69) is 41.8 Å². The molecule has 1 amide bonds. The van der Waals surface area contributed by atoms with Gasteiger partial charge in [0, 0.05) is 44.7 Å². The van der Waals surface area contributed by atoms with Crippen molar-refractivity contribution in [3.8, 4) is 0 Å². The predicted molar refractivity (Wildman–Crippen MR) is 126 cm³/mol. The Morgan fingerprint density at radius 1 is 1.23 bits per heavy atom. The maximum Gasteiger partial charge on any atom is 0.225 e. The first-order valence-electron chi connectivity index (χ1n) is 12.1. The second-order valence-corrected chi connectivity index (χ2v) is 8.96. The van der Waals surface area contributed by atoms with Gasteiger partial charge in [0.1, 0.15) is 0 Å². The lowest BCUT2D eigenvalue weighted by Crippen LogP contribution is -2.50. The van der Waals surface area contributed by atoms with Gasteiger partial charge in [-0.05, 0) is 56.6 Å². The molecule has 172 valence electrons. The van der Waals surface area contributed by atoms with Crippen molar-refractivity contribution in [1.82, 2.24) is 15.5 Å². The van der Waals surface area contributed by atoms with Crippen LogP contribution in [-0.4, -0.2) is 55.6 Å². The summed E-state index contributed by atoms with van der Waals surface area (Å²) in [5.41, 5.74) is 2.81. The number of amides is 1. The van der Waals surface area contributed by atoms with Crippen LogP contribution in [-0.2, 0) is 16.0 Å². The van der Waals surface area contributed by atoms with Crippen LogP contribution in [0.1, 0.15) is 70.1 Å². The molecule has 31 heavy (non-hydrogen) atoms. The van der Waals surface area contributed by atoms with Crippen LogP contribution in [0.15, 0.2) is 29.3 Å². The summed E-state index contributed by atoms with van der Waals surface area (Å²) >= 11 is 0. The molecule has 2 aliphatic rings. The van der Waals surface area contributed by atoms with Crippen LogP contribution < -0.4 is 10.6 Å². The van der Waals surface area contributed by atoms with Gasteiger partial charge in [0.15, 0.2) is 5.96 Å². The average Bonchev–Trinajstić information content (AvgIpc) is 2.79. The van der Waals surface area contributed by atoms with Crippen LogP contribution >= 0.6 is 0 Å². The minimum absolute atomic E-state index is 0.0766. The zero-order valence-electron chi connectivity index (χ0n) is 19.5. The van der Waals surface area contributed by atoms with E-state index in [0.29, 0.717) is 6.04 Å². The second kappa shape index (κ2) is 12.1. The largest absolute Gasteiger partial charge is 0.373 e. The number of aliphatic imine (C=N–C) groups is 1. The van der Waals surface area contributed by atoms with Gasteiger partial charge in [0.25, 0.3) is 0 Å². The van der Waals surface area contributed by atoms with E-state index >= 15 is 0 Å². The average molecular weight is 429 g/mol. The fraction of sp³-hybridized carbons (Fsp3) is 0.680. The van der Waals surface area contributed by atoms with Crippen molar-refractivity contribution in [2.45, 2.75) is 71.4 Å². The Kier molecular flexibility index (Phi) is 9.19. The normalized spacial score (nSPS) is 19.9. The molecule has 6 heteroatoms. The third-order valence-corrected chi connectivity index (χ3v) is 6.19. The van der Waals surface area contributed by atoms with Crippen LogP contribution in [0.3, 0.4) is 0 Å². The number of hydrogen-bond donors (Lipinski definition) is 2. The monoisotopic (exact) mass is 428 g/mol. The maximum absolute atomic E-state index is 12.2. The molecule has 3 rings (SSSR count). The molecule has 0 aromatic heterocycles. The molecule has 1 aromatic rings. The lowest BCUT2D eigenvalue weighted by Gasteiger charge is -2.34. The molecule has 1 aliphatic heterocycles. The highest BCUT2D eigenvalue weighted by atomic mass is 16.5. The Balaban J connectivity index is 1.40. The number of piperidine rings is 1. The zero-order chi connectivity index (χ0) is 22.1. The van der Waals surface area contributed by atoms with Crippen molar-refractivity contribution in [3.05, 3.63) is 35.4 Å². The fourth-order valence-corrected chi connectivity index (χ4v) is 4.49. The summed E-state index contributed by atoms with van der Waals surface area (Å²) in [7, 11) is 0. The molecule has 6 nitrogen and oxygen atoms in total. The highest BCUT2D eigenvalue weighted by Crippen LogP contribution is 2.32. The molecular formula is C25H40N4O2. The van der Waals surface area contributed by atoms with E-state index in [1.54, 1.807) is 0 Å². The lowest BCUT2D eigenvalue weighted by molar-refractivity contribution is -0.135. The molecule has 1 unspecified atom stereocenters. The van der Waals surface area contributed by atoms with E-state index in [1.807, 2.05) is 18.7 Å². The zero-order valence-corrected chi connectivity index (χ0v) is 19.5. The number of carbonyl (C=O) groups is 1. The van der Waals surface area contributed by atoms with Crippen molar-refractivity contribution in [2.75, 3.05) is 32.8 Å². The first-order valence-corrected chi connectivity index (χ1v) is 12.1. The lowest BCUT2D eigenvalue weighted by atomic mass is 9.89. The Hall–Kier alpha value is -2.08. The summed E-state index contributed by atoms with van der Waals surface area (Å²) in [6, 6.07) is 9.04. The third-order valence-electron chi connectivity index (χ3n) is 6.19. The van der Waals surface area contributed by atoms with E-state index in [4.69, 9.17) is 9.73 Å². The van der Waals surface area contributed by atoms with Crippen molar-refractivity contribution in [2.24, 2.45) is 10.9 Å². The summed E-state index contributed by atoms with van der Waals surface area (Å²) in [6.07, 6.45) is 6.57. The summed E-state index contributed by atoms with van der Waals surface area (Å²) < 4.78 is 6.21. The van der Waals surface area contributed by atoms with Gasteiger partial charge < -0.3 is 20.3 Å². The molecule has 2 N–H and O–H groups in total. The summed E-state index contributed by atoms with van der Waals surface area (Å²) in [5.74, 6) is 1.21. The molecule has 1 atom stereocenters. The predicted octanol–water partition coefficient (Wildman–Crippen LogP) is 3.67. The Morgan fingerprint density at radius 2 is 2.00 bits per heavy atom. The van der Waals surface area contributed by atoms with Crippen molar-refractivity contribution < 1.29 is 9.53 Å². The Bertz CT molecular complexity index is 726. The SMILES string of the molecule is CCNC(=NCCCOC1CCCc2ccccc21)NC1CCN(C(=O)C(C)C)CC1. The number of ether oxygens (including phenoxy) is 1. The number of nitrogens with one attached hydrogen (secondary N) is 2. The van der Waals surface area contributed by atoms with Crippen LogP contribution in [0.5, 0.6) is 0 Å². The van der Waals surface area contributed by atoms with Gasteiger partial charge in [-0.15, -0.1) is 0 Å². The minimum atomic E-state index is 0.0766. The highest BCUT2D eigenvalue weighted by molar-refractivity contribution is 5.80. The molecule has 0 radical (unpaired) electrons. The summed E-state index contributed by atoms with van der Waals surface area (Å²) in [5, 5.41) is 6.91. The summed E-state index contributed by atoms with van der Waals surface area (Å²) in [4.78, 5) is 18.9. The number of likely N-dealkylation sites (tertiary alicyclic amines) is 1. The van der Waals surface area contributed by atoms with E-state index in [9.17, 15) is 4.79 Å². The van der Waals surface area contributed by atoms with Crippen LogP contribution in [0.2, 0.25) is 0 Å². The van der Waals surface area contributed by atoms with Crippen molar-refractivity contribution in [1.29, 1.82) is 0 Å². The maximum atomic E-state index is 12.2. The fourth-order valence-electron chi connectivity index (χ4n) is 4.49. The molecule has 1 aromatic carbocycles. The molecule has 0 saturated carbocycles. The van der Waals surface area contributed by atoms with Gasteiger partial charge in [0.05, 0.1) is 6.10 Å². The van der Waals surface area contributed by atoms with E-state index in [-0.39, 0.29) is 17.9 Å². The van der Waals surface area contributed by atoms with Crippen molar-refractivity contribution in [3.63, 3.8) is 0 Å². The molecule has 1 fully saturated rings. The van der Waals surface area contributed by atoms with Gasteiger partial charge >= 0.3 is 0 Å². The minimum Gasteiger partial charge on any atom is -0.373 e. The van der Waals surface area contributed by atoms with E-state index in [1.165, 1.54) is 24.0 Å². The van der Waals surface area contributed by atoms with Crippen LogP contribution in [0.4, 0.5) is 0 Å². The van der Waals surface area contributed by atoms with Gasteiger partial charge in [0.2, 0.25) is 5.91 Å². The number of carbonyl (C=O) groups excluding carboxylic acids is 1. The molecular weight excluding hydrogens is 388 g/mol. The van der Waals surface area contributed by atoms with Crippen molar-refractivity contribution >= 4 is 11.9 Å². The number of hydrogen-bond acceptors (Lipinski definition) is 3. The molecule has 1 aliphatic carbocycles. The van der Waals surface area contributed by atoms with E-state index in [0.717, 1.165) is 64.4 Å². The number of nitrogens with zero attached hydrogens (tertiary/aromatic N) is 2. The van der Waals surface area contributed by atoms with Gasteiger partial charge in [-0.2, -0.15) is 0 Å². The molecule has 0 spiro atoms. The van der Waals surface area contributed by atoms with E-state index < -0.39 is 0 Å². The third kappa shape index (κ3) is 6.96. The number of fused-ring (bicyclic) bond motifs is 1. The van der Waals surface area contributed by atoms with Gasteiger partial charge in [-0.3, -0.25) is 9.79 Å². The number of rotatable bonds is 8. The van der Waals surface area contributed by atoms with Crippen LogP contribution in [0.25, 0.3) is 0 Å². The van der Waals surface area contributed by atoms with Gasteiger partial charge in [-0.1, -0.05) is 38.1 Å².